The molecule has 1 aromatic carbocycles. The minimum Gasteiger partial charge on any atom is -0.474 e. The highest BCUT2D eigenvalue weighted by atomic mass is 16.5. The van der Waals surface area contributed by atoms with Crippen LogP contribution in [-0.2, 0) is 0 Å². The molecule has 0 atom stereocenters. The van der Waals surface area contributed by atoms with Crippen LogP contribution in [0.2, 0.25) is 0 Å². The Morgan fingerprint density at radius 2 is 2.00 bits per heavy atom. The number of rotatable bonds is 1. The average Bonchev–Trinajstić information content (AvgIpc) is 2.60. The van der Waals surface area contributed by atoms with E-state index in [0.717, 1.165) is 10.9 Å². The Kier molecular flexibility index (Phi) is 2.96. The van der Waals surface area contributed by atoms with Crippen LogP contribution in [0.4, 0.5) is 5.69 Å². The summed E-state index contributed by atoms with van der Waals surface area (Å²) in [7, 11) is 0. The van der Waals surface area contributed by atoms with E-state index in [1.165, 1.54) is 0 Å². The van der Waals surface area contributed by atoms with Crippen LogP contribution >= 0.6 is 0 Å². The van der Waals surface area contributed by atoms with Gasteiger partial charge in [-0.05, 0) is 24.3 Å². The highest BCUT2D eigenvalue weighted by Gasteiger charge is 2.26. The van der Waals surface area contributed by atoms with Crippen LogP contribution in [0, 0.1) is 0 Å². The Morgan fingerprint density at radius 1 is 1.09 bits per heavy atom. The minimum atomic E-state index is -0.136. The highest BCUT2D eigenvalue weighted by Crippen LogP contribution is 2.29. The van der Waals surface area contributed by atoms with Gasteiger partial charge in [0.05, 0.1) is 12.1 Å². The van der Waals surface area contributed by atoms with Crippen molar-refractivity contribution >= 4 is 22.5 Å². The molecule has 0 radical (unpaired) electrons. The monoisotopic (exact) mass is 291 g/mol. The molecule has 0 bridgehead atoms. The number of ether oxygens (including phenoxy) is 1. The second kappa shape index (κ2) is 5.11. The molecule has 5 heteroatoms. The third-order valence-electron chi connectivity index (χ3n) is 3.66. The smallest absolute Gasteiger partial charge is 0.277 e. The summed E-state index contributed by atoms with van der Waals surface area (Å²) in [5, 5.41) is 1.02. The zero-order chi connectivity index (χ0) is 14.9. The van der Waals surface area contributed by atoms with Crippen molar-refractivity contribution in [2.24, 2.45) is 0 Å². The molecule has 3 aromatic rings. The number of hydrogen-bond donors (Lipinski definition) is 0. The largest absolute Gasteiger partial charge is 0.474 e. The normalized spacial score (nSPS) is 13.5. The molecule has 0 spiro atoms. The van der Waals surface area contributed by atoms with Crippen molar-refractivity contribution in [3.8, 4) is 5.88 Å². The molecule has 1 amide bonds. The van der Waals surface area contributed by atoms with E-state index in [1.807, 2.05) is 36.4 Å². The van der Waals surface area contributed by atoms with Crippen molar-refractivity contribution in [3.05, 3.63) is 60.4 Å². The van der Waals surface area contributed by atoms with Crippen molar-refractivity contribution < 1.29 is 9.53 Å². The molecule has 0 N–H and O–H groups in total. The molecular weight excluding hydrogens is 278 g/mol. The zero-order valence-corrected chi connectivity index (χ0v) is 11.8. The van der Waals surface area contributed by atoms with Gasteiger partial charge in [-0.1, -0.05) is 24.3 Å². The Labute approximate surface area is 127 Å². The van der Waals surface area contributed by atoms with Gasteiger partial charge in [0.2, 0.25) is 5.88 Å². The Hall–Kier alpha value is -2.95. The lowest BCUT2D eigenvalue weighted by atomic mass is 10.2. The van der Waals surface area contributed by atoms with Crippen LogP contribution in [0.3, 0.4) is 0 Å². The molecule has 1 aliphatic heterocycles. The first-order chi connectivity index (χ1) is 10.8. The summed E-state index contributed by atoms with van der Waals surface area (Å²) in [5.41, 5.74) is 1.93. The molecule has 4 rings (SSSR count). The van der Waals surface area contributed by atoms with Gasteiger partial charge in [0.25, 0.3) is 5.91 Å². The number of amides is 1. The standard InChI is InChI=1S/C17H13N3O2/c21-17(14-8-7-12-4-1-2-5-13(12)19-14)20-10-11-22-16-15(20)6-3-9-18-16/h1-9H,10-11H2. The van der Waals surface area contributed by atoms with E-state index < -0.39 is 0 Å². The first-order valence-corrected chi connectivity index (χ1v) is 7.08. The molecule has 5 nitrogen and oxygen atoms in total. The number of aromatic nitrogens is 2. The van der Waals surface area contributed by atoms with Crippen molar-refractivity contribution in [2.75, 3.05) is 18.1 Å². The summed E-state index contributed by atoms with van der Waals surface area (Å²) in [6.45, 7) is 0.926. The predicted octanol–water partition coefficient (Wildman–Crippen LogP) is 2.67. The lowest BCUT2D eigenvalue weighted by Gasteiger charge is -2.28. The van der Waals surface area contributed by atoms with Gasteiger partial charge in [0.15, 0.2) is 0 Å². The molecule has 0 saturated heterocycles. The fraction of sp³-hybridized carbons (Fsp3) is 0.118. The van der Waals surface area contributed by atoms with Crippen LogP contribution in [0.5, 0.6) is 5.88 Å². The van der Waals surface area contributed by atoms with Crippen LogP contribution < -0.4 is 9.64 Å². The first-order valence-electron chi connectivity index (χ1n) is 7.08. The molecule has 0 unspecified atom stereocenters. The molecule has 108 valence electrons. The summed E-state index contributed by atoms with van der Waals surface area (Å²) in [6.07, 6.45) is 1.65. The van der Waals surface area contributed by atoms with E-state index in [0.29, 0.717) is 30.4 Å². The van der Waals surface area contributed by atoms with Gasteiger partial charge < -0.3 is 4.74 Å². The summed E-state index contributed by atoms with van der Waals surface area (Å²) in [6, 6.07) is 15.1. The van der Waals surface area contributed by atoms with E-state index >= 15 is 0 Å². The van der Waals surface area contributed by atoms with Gasteiger partial charge in [0, 0.05) is 11.6 Å². The number of nitrogens with zero attached hydrogens (tertiary/aromatic N) is 3. The van der Waals surface area contributed by atoms with Gasteiger partial charge in [-0.2, -0.15) is 0 Å². The Morgan fingerprint density at radius 3 is 2.95 bits per heavy atom. The molecule has 1 aliphatic rings. The number of carbonyl (C=O) groups is 1. The Balaban J connectivity index is 1.75. The summed E-state index contributed by atoms with van der Waals surface area (Å²) < 4.78 is 5.48. The number of para-hydroxylation sites is 1. The molecule has 3 heterocycles. The van der Waals surface area contributed by atoms with Crippen molar-refractivity contribution in [1.82, 2.24) is 9.97 Å². The zero-order valence-electron chi connectivity index (χ0n) is 11.8. The number of anilines is 1. The fourth-order valence-electron chi connectivity index (χ4n) is 2.59. The van der Waals surface area contributed by atoms with Crippen LogP contribution in [0.25, 0.3) is 10.9 Å². The Bertz CT molecular complexity index is 863. The van der Waals surface area contributed by atoms with Gasteiger partial charge in [-0.3, -0.25) is 9.69 Å². The third kappa shape index (κ3) is 2.07. The van der Waals surface area contributed by atoms with Crippen LogP contribution in [0.1, 0.15) is 10.5 Å². The number of pyridine rings is 2. The van der Waals surface area contributed by atoms with E-state index in [-0.39, 0.29) is 5.91 Å². The van der Waals surface area contributed by atoms with Gasteiger partial charge in [0.1, 0.15) is 18.0 Å². The van der Waals surface area contributed by atoms with Crippen molar-refractivity contribution in [1.29, 1.82) is 0 Å². The average molecular weight is 291 g/mol. The maximum absolute atomic E-state index is 12.8. The van der Waals surface area contributed by atoms with Crippen molar-refractivity contribution in [2.45, 2.75) is 0 Å². The molecular formula is C17H13N3O2. The summed E-state index contributed by atoms with van der Waals surface area (Å²) >= 11 is 0. The quantitative estimate of drug-likeness (QED) is 0.691. The van der Waals surface area contributed by atoms with Gasteiger partial charge in [-0.15, -0.1) is 0 Å². The van der Waals surface area contributed by atoms with Crippen molar-refractivity contribution in [3.63, 3.8) is 0 Å². The second-order valence-corrected chi connectivity index (χ2v) is 5.02. The van der Waals surface area contributed by atoms with Gasteiger partial charge in [-0.25, -0.2) is 9.97 Å². The number of fused-ring (bicyclic) bond motifs is 2. The lowest BCUT2D eigenvalue weighted by molar-refractivity contribution is 0.0971. The second-order valence-electron chi connectivity index (χ2n) is 5.02. The number of carbonyl (C=O) groups excluding carboxylic acids is 1. The fourth-order valence-corrected chi connectivity index (χ4v) is 2.59. The molecule has 2 aromatic heterocycles. The summed E-state index contributed by atoms with van der Waals surface area (Å²) in [4.78, 5) is 23.1. The number of hydrogen-bond acceptors (Lipinski definition) is 4. The van der Waals surface area contributed by atoms with E-state index in [9.17, 15) is 4.79 Å². The SMILES string of the molecule is O=C(c1ccc2ccccc2n1)N1CCOc2ncccc21. The van der Waals surface area contributed by atoms with E-state index in [4.69, 9.17) is 4.74 Å². The maximum Gasteiger partial charge on any atom is 0.277 e. The first kappa shape index (κ1) is 12.8. The minimum absolute atomic E-state index is 0.136. The van der Waals surface area contributed by atoms with Gasteiger partial charge >= 0.3 is 0 Å². The molecule has 0 saturated carbocycles. The van der Waals surface area contributed by atoms with Crippen LogP contribution in [-0.4, -0.2) is 29.0 Å². The summed E-state index contributed by atoms with van der Waals surface area (Å²) in [5.74, 6) is 0.353. The van der Waals surface area contributed by atoms with Crippen LogP contribution in [0.15, 0.2) is 54.7 Å². The molecule has 0 fully saturated rings. The lowest BCUT2D eigenvalue weighted by Crippen LogP contribution is -2.38. The topological polar surface area (TPSA) is 55.3 Å². The number of benzene rings is 1. The third-order valence-corrected chi connectivity index (χ3v) is 3.66. The highest BCUT2D eigenvalue weighted by molar-refractivity contribution is 6.06. The van der Waals surface area contributed by atoms with E-state index in [1.54, 1.807) is 23.2 Å². The van der Waals surface area contributed by atoms with E-state index in [2.05, 4.69) is 9.97 Å². The molecule has 0 aliphatic carbocycles. The predicted molar refractivity (Wildman–Crippen MR) is 83.2 cm³/mol. The maximum atomic E-state index is 12.8. The molecule has 22 heavy (non-hydrogen) atoms.